The van der Waals surface area contributed by atoms with Gasteiger partial charge in [0.2, 0.25) is 0 Å². The molecule has 0 radical (unpaired) electrons. The number of hydrogen-bond acceptors (Lipinski definition) is 4. The largest absolute Gasteiger partial charge is 0.476 e. The number of hydrogen-bond donors (Lipinski definition) is 2. The number of halogens is 2. The third kappa shape index (κ3) is 2.39. The van der Waals surface area contributed by atoms with Gasteiger partial charge < -0.3 is 10.4 Å². The minimum absolute atomic E-state index is 0.153. The molecule has 0 aliphatic rings. The van der Waals surface area contributed by atoms with E-state index in [1.165, 1.54) is 11.6 Å². The van der Waals surface area contributed by atoms with Gasteiger partial charge in [-0.05, 0) is 12.1 Å². The molecule has 0 aliphatic heterocycles. The maximum absolute atomic E-state index is 12.9. The Kier molecular flexibility index (Phi) is 3.01. The summed E-state index contributed by atoms with van der Waals surface area (Å²) >= 11 is 1.06. The number of thiazole rings is 1. The molecule has 0 atom stereocenters. The fourth-order valence-electron chi connectivity index (χ4n) is 1.19. The average molecular weight is 256 g/mol. The van der Waals surface area contributed by atoms with Crippen LogP contribution in [0.2, 0.25) is 0 Å². The van der Waals surface area contributed by atoms with Crippen LogP contribution in [0.15, 0.2) is 23.7 Å². The number of carbonyl (C=O) groups is 1. The summed E-state index contributed by atoms with van der Waals surface area (Å²) in [6, 6.07) is 3.21. The summed E-state index contributed by atoms with van der Waals surface area (Å²) < 4.78 is 25.6. The van der Waals surface area contributed by atoms with E-state index in [4.69, 9.17) is 5.11 Å². The number of anilines is 2. The lowest BCUT2D eigenvalue weighted by Gasteiger charge is -2.04. The van der Waals surface area contributed by atoms with Crippen molar-refractivity contribution in [3.05, 3.63) is 41.0 Å². The van der Waals surface area contributed by atoms with Crippen LogP contribution in [-0.4, -0.2) is 16.1 Å². The molecule has 17 heavy (non-hydrogen) atoms. The van der Waals surface area contributed by atoms with Crippen molar-refractivity contribution < 1.29 is 18.7 Å². The van der Waals surface area contributed by atoms with Gasteiger partial charge in [-0.2, -0.15) is 0 Å². The van der Waals surface area contributed by atoms with Gasteiger partial charge in [0.1, 0.15) is 5.00 Å². The van der Waals surface area contributed by atoms with Gasteiger partial charge in [0, 0.05) is 11.8 Å². The molecule has 4 nitrogen and oxygen atoms in total. The second kappa shape index (κ2) is 4.46. The van der Waals surface area contributed by atoms with Crippen molar-refractivity contribution in [3.63, 3.8) is 0 Å². The molecule has 0 amide bonds. The van der Waals surface area contributed by atoms with Gasteiger partial charge in [-0.15, -0.1) is 11.3 Å². The van der Waals surface area contributed by atoms with Gasteiger partial charge in [-0.1, -0.05) is 0 Å². The summed E-state index contributed by atoms with van der Waals surface area (Å²) in [4.78, 5) is 14.4. The van der Waals surface area contributed by atoms with Gasteiger partial charge in [0.25, 0.3) is 0 Å². The summed E-state index contributed by atoms with van der Waals surface area (Å²) in [5, 5.41) is 11.7. The van der Waals surface area contributed by atoms with E-state index in [1.807, 2.05) is 0 Å². The number of aromatic nitrogens is 1. The minimum Gasteiger partial charge on any atom is -0.476 e. The molecule has 0 saturated heterocycles. The Morgan fingerprint density at radius 1 is 1.35 bits per heavy atom. The molecule has 0 aliphatic carbocycles. The van der Waals surface area contributed by atoms with E-state index in [2.05, 4.69) is 10.3 Å². The number of benzene rings is 1. The Bertz CT molecular complexity index is 571. The van der Waals surface area contributed by atoms with Crippen LogP contribution in [0.1, 0.15) is 10.5 Å². The van der Waals surface area contributed by atoms with Gasteiger partial charge >= 0.3 is 5.97 Å². The lowest BCUT2D eigenvalue weighted by Crippen LogP contribution is -2.01. The quantitative estimate of drug-likeness (QED) is 0.886. The monoisotopic (exact) mass is 256 g/mol. The lowest BCUT2D eigenvalue weighted by atomic mass is 10.3. The smallest absolute Gasteiger partial charge is 0.357 e. The molecule has 0 spiro atoms. The Morgan fingerprint density at radius 2 is 2.12 bits per heavy atom. The first kappa shape index (κ1) is 11.5. The second-order valence-corrected chi connectivity index (χ2v) is 3.94. The van der Waals surface area contributed by atoms with Crippen molar-refractivity contribution in [3.8, 4) is 0 Å². The molecule has 0 saturated carbocycles. The van der Waals surface area contributed by atoms with Gasteiger partial charge in [0.05, 0.1) is 5.51 Å². The van der Waals surface area contributed by atoms with Crippen LogP contribution in [0.25, 0.3) is 0 Å². The summed E-state index contributed by atoms with van der Waals surface area (Å²) in [5.74, 6) is -3.15. The van der Waals surface area contributed by atoms with E-state index in [1.54, 1.807) is 0 Å². The zero-order valence-corrected chi connectivity index (χ0v) is 9.09. The molecule has 1 aromatic heterocycles. The van der Waals surface area contributed by atoms with E-state index in [0.29, 0.717) is 0 Å². The first-order chi connectivity index (χ1) is 8.08. The third-order valence-corrected chi connectivity index (χ3v) is 2.69. The highest BCUT2D eigenvalue weighted by Gasteiger charge is 2.14. The van der Waals surface area contributed by atoms with Crippen molar-refractivity contribution in [2.45, 2.75) is 0 Å². The topological polar surface area (TPSA) is 62.2 Å². The molecule has 0 bridgehead atoms. The van der Waals surface area contributed by atoms with Crippen molar-refractivity contribution in [1.82, 2.24) is 4.98 Å². The van der Waals surface area contributed by atoms with Gasteiger partial charge in [-0.3, -0.25) is 0 Å². The molecule has 2 rings (SSSR count). The SMILES string of the molecule is O=C(O)c1ncsc1Nc1ccc(F)c(F)c1. The highest BCUT2D eigenvalue weighted by molar-refractivity contribution is 7.14. The van der Waals surface area contributed by atoms with Crippen LogP contribution in [0.5, 0.6) is 0 Å². The van der Waals surface area contributed by atoms with Gasteiger partial charge in [-0.25, -0.2) is 18.6 Å². The first-order valence-electron chi connectivity index (χ1n) is 4.47. The Labute approximate surface area is 98.6 Å². The zero-order chi connectivity index (χ0) is 12.4. The predicted molar refractivity (Wildman–Crippen MR) is 58.7 cm³/mol. The molecular formula is C10H6F2N2O2S. The number of nitrogens with one attached hydrogen (secondary N) is 1. The number of carboxylic acid groups (broad SMARTS) is 1. The van der Waals surface area contributed by atoms with Crippen molar-refractivity contribution in [1.29, 1.82) is 0 Å². The Balaban J connectivity index is 2.28. The van der Waals surface area contributed by atoms with E-state index < -0.39 is 17.6 Å². The molecule has 88 valence electrons. The summed E-state index contributed by atoms with van der Waals surface area (Å²) in [6.07, 6.45) is 0. The van der Waals surface area contributed by atoms with Crippen LogP contribution in [0, 0.1) is 11.6 Å². The van der Waals surface area contributed by atoms with Crippen molar-refractivity contribution >= 4 is 28.0 Å². The fraction of sp³-hybridized carbons (Fsp3) is 0. The van der Waals surface area contributed by atoms with Crippen LogP contribution in [0.4, 0.5) is 19.5 Å². The van der Waals surface area contributed by atoms with E-state index in [9.17, 15) is 13.6 Å². The minimum atomic E-state index is -1.18. The lowest BCUT2D eigenvalue weighted by molar-refractivity contribution is 0.0692. The maximum Gasteiger partial charge on any atom is 0.357 e. The van der Waals surface area contributed by atoms with E-state index >= 15 is 0 Å². The molecule has 1 heterocycles. The molecule has 0 unspecified atom stereocenters. The zero-order valence-electron chi connectivity index (χ0n) is 8.28. The van der Waals surface area contributed by atoms with E-state index in [-0.39, 0.29) is 16.4 Å². The number of rotatable bonds is 3. The van der Waals surface area contributed by atoms with Crippen LogP contribution < -0.4 is 5.32 Å². The molecule has 0 fully saturated rings. The second-order valence-electron chi connectivity index (χ2n) is 3.09. The highest BCUT2D eigenvalue weighted by Crippen LogP contribution is 2.25. The normalized spacial score (nSPS) is 10.2. The molecule has 2 aromatic rings. The Hall–Kier alpha value is -2.02. The number of nitrogens with zero attached hydrogens (tertiary/aromatic N) is 1. The summed E-state index contributed by atoms with van der Waals surface area (Å²) in [6.45, 7) is 0. The van der Waals surface area contributed by atoms with Crippen LogP contribution >= 0.6 is 11.3 Å². The highest BCUT2D eigenvalue weighted by atomic mass is 32.1. The number of aromatic carboxylic acids is 1. The molecule has 1 aromatic carbocycles. The summed E-state index contributed by atoms with van der Waals surface area (Å²) in [7, 11) is 0. The van der Waals surface area contributed by atoms with Crippen molar-refractivity contribution in [2.75, 3.05) is 5.32 Å². The third-order valence-electron chi connectivity index (χ3n) is 1.95. The maximum atomic E-state index is 12.9. The van der Waals surface area contributed by atoms with Gasteiger partial charge in [0.15, 0.2) is 17.3 Å². The standard InChI is InChI=1S/C10H6F2N2O2S/c11-6-2-1-5(3-7(6)12)14-9-8(10(15)16)13-4-17-9/h1-4,14H,(H,15,16). The van der Waals surface area contributed by atoms with Crippen LogP contribution in [0.3, 0.4) is 0 Å². The van der Waals surface area contributed by atoms with Crippen LogP contribution in [-0.2, 0) is 0 Å². The molecule has 2 N–H and O–H groups in total. The number of carboxylic acids is 1. The summed E-state index contributed by atoms with van der Waals surface area (Å²) in [5.41, 5.74) is 1.46. The fourth-order valence-corrected chi connectivity index (χ4v) is 1.88. The first-order valence-corrected chi connectivity index (χ1v) is 5.35. The van der Waals surface area contributed by atoms with Crippen molar-refractivity contribution in [2.24, 2.45) is 0 Å². The molecule has 7 heteroatoms. The predicted octanol–water partition coefficient (Wildman–Crippen LogP) is 2.86. The average Bonchev–Trinajstić information content (AvgIpc) is 2.72. The van der Waals surface area contributed by atoms with E-state index in [0.717, 1.165) is 23.5 Å². The Morgan fingerprint density at radius 3 is 2.76 bits per heavy atom. The molecular weight excluding hydrogens is 250 g/mol.